The highest BCUT2D eigenvalue weighted by atomic mass is 15.2. The summed E-state index contributed by atoms with van der Waals surface area (Å²) in [4.78, 5) is 3.02. The van der Waals surface area contributed by atoms with Gasteiger partial charge in [0.1, 0.15) is 5.82 Å². The molecule has 1 aliphatic rings. The lowest BCUT2D eigenvalue weighted by Gasteiger charge is -2.09. The molecule has 0 radical (unpaired) electrons. The first kappa shape index (κ1) is 12.2. The van der Waals surface area contributed by atoms with Crippen molar-refractivity contribution in [2.75, 3.05) is 25.0 Å². The van der Waals surface area contributed by atoms with E-state index in [0.717, 1.165) is 42.6 Å². The van der Waals surface area contributed by atoms with Gasteiger partial charge in [0, 0.05) is 24.5 Å². The summed E-state index contributed by atoms with van der Waals surface area (Å²) in [6.07, 6.45) is 6.29. The minimum atomic E-state index is 0.805. The minimum absolute atomic E-state index is 0.805. The lowest BCUT2D eigenvalue weighted by atomic mass is 10.1. The molecule has 3 heterocycles. The predicted octanol–water partition coefficient (Wildman–Crippen LogP) is 1.88. The van der Waals surface area contributed by atoms with Gasteiger partial charge in [-0.1, -0.05) is 0 Å². The van der Waals surface area contributed by atoms with Crippen molar-refractivity contribution < 1.29 is 0 Å². The van der Waals surface area contributed by atoms with E-state index in [1.165, 1.54) is 12.8 Å². The zero-order valence-electron chi connectivity index (χ0n) is 10.9. The normalized spacial score (nSPS) is 18.6. The molecule has 0 amide bonds. The van der Waals surface area contributed by atoms with Crippen molar-refractivity contribution in [3.63, 3.8) is 0 Å². The molecular formula is C14H19N5. The number of aromatic nitrogens is 3. The van der Waals surface area contributed by atoms with Crippen LogP contribution in [0.3, 0.4) is 0 Å². The number of nitrogens with zero attached hydrogens (tertiary/aromatic N) is 2. The van der Waals surface area contributed by atoms with Crippen molar-refractivity contribution >= 4 is 5.82 Å². The summed E-state index contributed by atoms with van der Waals surface area (Å²) in [7, 11) is 0. The third-order valence-electron chi connectivity index (χ3n) is 3.58. The van der Waals surface area contributed by atoms with Crippen LogP contribution in [-0.2, 0) is 0 Å². The molecule has 19 heavy (non-hydrogen) atoms. The van der Waals surface area contributed by atoms with Crippen molar-refractivity contribution in [3.05, 3.63) is 30.6 Å². The lowest BCUT2D eigenvalue weighted by Crippen LogP contribution is -2.13. The fourth-order valence-corrected chi connectivity index (χ4v) is 2.43. The van der Waals surface area contributed by atoms with E-state index in [0.29, 0.717) is 0 Å². The Bertz CT molecular complexity index is 485. The molecule has 1 atom stereocenters. The molecule has 1 aliphatic heterocycles. The van der Waals surface area contributed by atoms with E-state index in [1.807, 2.05) is 30.6 Å². The first-order chi connectivity index (χ1) is 9.42. The molecule has 3 N–H and O–H groups in total. The van der Waals surface area contributed by atoms with E-state index in [1.54, 1.807) is 0 Å². The second-order valence-corrected chi connectivity index (χ2v) is 4.98. The zero-order valence-corrected chi connectivity index (χ0v) is 10.9. The number of anilines is 1. The zero-order chi connectivity index (χ0) is 12.9. The SMILES string of the molecule is c1cc(-c2ccc(NCCC3CCNC3)nn2)c[nH]1. The Morgan fingerprint density at radius 3 is 2.95 bits per heavy atom. The number of hydrogen-bond acceptors (Lipinski definition) is 4. The molecule has 100 valence electrons. The predicted molar refractivity (Wildman–Crippen MR) is 75.9 cm³/mol. The van der Waals surface area contributed by atoms with Gasteiger partial charge in [-0.25, -0.2) is 0 Å². The Kier molecular flexibility index (Phi) is 3.74. The van der Waals surface area contributed by atoms with Crippen LogP contribution in [0.25, 0.3) is 11.3 Å². The standard InChI is InChI=1S/C14H19N5/c1-2-14(17-8-4-11-3-6-15-9-11)19-18-13(1)12-5-7-16-10-12/h1-2,5,7,10-11,15-16H,3-4,6,8-9H2,(H,17,19). The molecule has 2 aromatic rings. The number of aromatic amines is 1. The summed E-state index contributed by atoms with van der Waals surface area (Å²) < 4.78 is 0. The topological polar surface area (TPSA) is 65.6 Å². The van der Waals surface area contributed by atoms with E-state index >= 15 is 0 Å². The van der Waals surface area contributed by atoms with E-state index in [4.69, 9.17) is 0 Å². The summed E-state index contributed by atoms with van der Waals surface area (Å²) in [5.74, 6) is 1.66. The number of rotatable bonds is 5. The maximum atomic E-state index is 4.23. The van der Waals surface area contributed by atoms with Gasteiger partial charge in [0.2, 0.25) is 0 Å². The van der Waals surface area contributed by atoms with Crippen molar-refractivity contribution in [2.45, 2.75) is 12.8 Å². The van der Waals surface area contributed by atoms with Gasteiger partial charge in [0.15, 0.2) is 0 Å². The molecule has 1 unspecified atom stereocenters. The quantitative estimate of drug-likeness (QED) is 0.765. The molecule has 0 aromatic carbocycles. The lowest BCUT2D eigenvalue weighted by molar-refractivity contribution is 0.548. The average molecular weight is 257 g/mol. The van der Waals surface area contributed by atoms with Gasteiger partial charge in [-0.05, 0) is 50.0 Å². The van der Waals surface area contributed by atoms with E-state index in [2.05, 4.69) is 25.8 Å². The molecule has 3 rings (SSSR count). The van der Waals surface area contributed by atoms with E-state index in [-0.39, 0.29) is 0 Å². The minimum Gasteiger partial charge on any atom is -0.369 e. The van der Waals surface area contributed by atoms with Crippen LogP contribution >= 0.6 is 0 Å². The second kappa shape index (κ2) is 5.84. The van der Waals surface area contributed by atoms with Gasteiger partial charge >= 0.3 is 0 Å². The molecule has 5 heteroatoms. The smallest absolute Gasteiger partial charge is 0.148 e. The second-order valence-electron chi connectivity index (χ2n) is 4.98. The fraction of sp³-hybridized carbons (Fsp3) is 0.429. The van der Waals surface area contributed by atoms with Gasteiger partial charge in [-0.15, -0.1) is 10.2 Å². The van der Waals surface area contributed by atoms with Crippen LogP contribution < -0.4 is 10.6 Å². The highest BCUT2D eigenvalue weighted by molar-refractivity contribution is 5.58. The third kappa shape index (κ3) is 3.12. The van der Waals surface area contributed by atoms with Gasteiger partial charge in [-0.2, -0.15) is 0 Å². The molecule has 5 nitrogen and oxygen atoms in total. The first-order valence-electron chi connectivity index (χ1n) is 6.83. The largest absolute Gasteiger partial charge is 0.369 e. The average Bonchev–Trinajstić information content (AvgIpc) is 3.13. The van der Waals surface area contributed by atoms with Crippen LogP contribution in [0.4, 0.5) is 5.82 Å². The number of hydrogen-bond donors (Lipinski definition) is 3. The van der Waals surface area contributed by atoms with Gasteiger partial charge < -0.3 is 15.6 Å². The highest BCUT2D eigenvalue weighted by Crippen LogP contribution is 2.16. The number of H-pyrrole nitrogens is 1. The van der Waals surface area contributed by atoms with Gasteiger partial charge in [-0.3, -0.25) is 0 Å². The van der Waals surface area contributed by atoms with Crippen molar-refractivity contribution in [2.24, 2.45) is 5.92 Å². The molecule has 0 aliphatic carbocycles. The van der Waals surface area contributed by atoms with Crippen LogP contribution in [0.1, 0.15) is 12.8 Å². The molecule has 0 bridgehead atoms. The summed E-state index contributed by atoms with van der Waals surface area (Å²) in [6.45, 7) is 3.28. The monoisotopic (exact) mass is 257 g/mol. The van der Waals surface area contributed by atoms with Crippen molar-refractivity contribution in [1.29, 1.82) is 0 Å². The summed E-state index contributed by atoms with van der Waals surface area (Å²) in [5, 5.41) is 15.2. The van der Waals surface area contributed by atoms with E-state index < -0.39 is 0 Å². The fourth-order valence-electron chi connectivity index (χ4n) is 2.43. The summed E-state index contributed by atoms with van der Waals surface area (Å²) in [5.41, 5.74) is 1.96. The maximum Gasteiger partial charge on any atom is 0.148 e. The van der Waals surface area contributed by atoms with Crippen molar-refractivity contribution in [1.82, 2.24) is 20.5 Å². The van der Waals surface area contributed by atoms with Crippen LogP contribution in [0.5, 0.6) is 0 Å². The Balaban J connectivity index is 1.51. The summed E-state index contributed by atoms with van der Waals surface area (Å²) >= 11 is 0. The molecule has 0 spiro atoms. The molecular weight excluding hydrogens is 238 g/mol. The number of nitrogens with one attached hydrogen (secondary N) is 3. The molecule has 1 fully saturated rings. The summed E-state index contributed by atoms with van der Waals surface area (Å²) in [6, 6.07) is 5.97. The molecule has 2 aromatic heterocycles. The maximum absolute atomic E-state index is 4.23. The Hall–Kier alpha value is -1.88. The van der Waals surface area contributed by atoms with Crippen LogP contribution in [0.2, 0.25) is 0 Å². The third-order valence-corrected chi connectivity index (χ3v) is 3.58. The van der Waals surface area contributed by atoms with Crippen LogP contribution in [0, 0.1) is 5.92 Å². The van der Waals surface area contributed by atoms with Crippen molar-refractivity contribution in [3.8, 4) is 11.3 Å². The Labute approximate surface area is 112 Å². The van der Waals surface area contributed by atoms with Gasteiger partial charge in [0.05, 0.1) is 5.69 Å². The Morgan fingerprint density at radius 2 is 2.26 bits per heavy atom. The van der Waals surface area contributed by atoms with Gasteiger partial charge in [0.25, 0.3) is 0 Å². The molecule has 1 saturated heterocycles. The molecule has 0 saturated carbocycles. The first-order valence-corrected chi connectivity index (χ1v) is 6.83. The highest BCUT2D eigenvalue weighted by Gasteiger charge is 2.13. The van der Waals surface area contributed by atoms with Crippen LogP contribution in [-0.4, -0.2) is 34.8 Å². The Morgan fingerprint density at radius 1 is 1.26 bits per heavy atom. The van der Waals surface area contributed by atoms with E-state index in [9.17, 15) is 0 Å². The van der Waals surface area contributed by atoms with Crippen LogP contribution in [0.15, 0.2) is 30.6 Å².